The largest absolute Gasteiger partial charge is 0.491 e. The van der Waals surface area contributed by atoms with Crippen LogP contribution in [-0.2, 0) is 4.74 Å². The predicted octanol–water partition coefficient (Wildman–Crippen LogP) is 7.06. The summed E-state index contributed by atoms with van der Waals surface area (Å²) in [6.45, 7) is 8.29. The zero-order valence-electron chi connectivity index (χ0n) is 19.9. The van der Waals surface area contributed by atoms with Gasteiger partial charge in [-0.25, -0.2) is 8.78 Å². The average molecular weight is 457 g/mol. The molecule has 0 unspecified atom stereocenters. The maximum Gasteiger partial charge on any atom is 0.146 e. The van der Waals surface area contributed by atoms with Crippen molar-refractivity contribution in [3.63, 3.8) is 0 Å². The molecule has 0 atom stereocenters. The second-order valence-electron chi connectivity index (χ2n) is 8.04. The predicted molar refractivity (Wildman–Crippen MR) is 132 cm³/mol. The number of allylic oxidation sites excluding steroid dienone is 2. The van der Waals surface area contributed by atoms with E-state index in [9.17, 15) is 8.78 Å². The van der Waals surface area contributed by atoms with E-state index < -0.39 is 0 Å². The summed E-state index contributed by atoms with van der Waals surface area (Å²) >= 11 is 0. The smallest absolute Gasteiger partial charge is 0.146 e. The quantitative estimate of drug-likeness (QED) is 0.418. The molecule has 0 amide bonds. The summed E-state index contributed by atoms with van der Waals surface area (Å²) in [5.41, 5.74) is 4.02. The van der Waals surface area contributed by atoms with Gasteiger partial charge in [0.2, 0.25) is 0 Å². The van der Waals surface area contributed by atoms with E-state index in [2.05, 4.69) is 10.2 Å². The van der Waals surface area contributed by atoms with Gasteiger partial charge in [0.15, 0.2) is 0 Å². The fourth-order valence-electron chi connectivity index (χ4n) is 3.86. The van der Waals surface area contributed by atoms with Crippen LogP contribution in [0.4, 0.5) is 25.8 Å². The van der Waals surface area contributed by atoms with Crippen LogP contribution in [0.15, 0.2) is 48.4 Å². The van der Waals surface area contributed by atoms with Gasteiger partial charge in [0.25, 0.3) is 0 Å². The summed E-state index contributed by atoms with van der Waals surface area (Å²) in [5.74, 6) is -0.0779. The third kappa shape index (κ3) is 5.74. The van der Waals surface area contributed by atoms with Crippen LogP contribution in [0, 0.1) is 18.6 Å². The molecule has 1 fully saturated rings. The topological polar surface area (TPSA) is 44.7 Å². The van der Waals surface area contributed by atoms with Crippen molar-refractivity contribution in [2.75, 3.05) is 23.4 Å². The summed E-state index contributed by atoms with van der Waals surface area (Å²) in [4.78, 5) is 2.07. The monoisotopic (exact) mass is 456 g/mol. The molecule has 2 aromatic carbocycles. The van der Waals surface area contributed by atoms with Crippen LogP contribution in [0.25, 0.3) is 5.57 Å². The van der Waals surface area contributed by atoms with E-state index in [1.54, 1.807) is 6.07 Å². The molecule has 0 saturated heterocycles. The van der Waals surface area contributed by atoms with Gasteiger partial charge in [-0.1, -0.05) is 32.9 Å². The molecular weight excluding hydrogens is 422 g/mol. The summed E-state index contributed by atoms with van der Waals surface area (Å²) in [5, 5.41) is 12.3. The van der Waals surface area contributed by atoms with Crippen molar-refractivity contribution in [1.29, 1.82) is 0 Å². The SMILES string of the molecule is CC.CC/C=C1/C(OCCCO)=CN(C2CC2)c2cc(F)cc(Nc3ccc(C)cc3F)c21. The number of halogens is 2. The van der Waals surface area contributed by atoms with Crippen LogP contribution in [0.1, 0.15) is 57.6 Å². The third-order valence-electron chi connectivity index (χ3n) is 5.45. The lowest BCUT2D eigenvalue weighted by atomic mass is 9.94. The minimum Gasteiger partial charge on any atom is -0.491 e. The van der Waals surface area contributed by atoms with Gasteiger partial charge in [-0.15, -0.1) is 0 Å². The maximum atomic E-state index is 14.7. The highest BCUT2D eigenvalue weighted by atomic mass is 19.1. The molecule has 0 bridgehead atoms. The Morgan fingerprint density at radius 3 is 2.55 bits per heavy atom. The molecule has 1 aliphatic heterocycles. The fraction of sp³-hybridized carbons (Fsp3) is 0.407. The van der Waals surface area contributed by atoms with Gasteiger partial charge in [0.05, 0.1) is 23.7 Å². The maximum absolute atomic E-state index is 14.7. The molecule has 1 aliphatic carbocycles. The number of hydrogen-bond acceptors (Lipinski definition) is 4. The van der Waals surface area contributed by atoms with Crippen LogP contribution < -0.4 is 10.2 Å². The Labute approximate surface area is 195 Å². The van der Waals surface area contributed by atoms with E-state index in [1.165, 1.54) is 18.2 Å². The fourth-order valence-corrected chi connectivity index (χ4v) is 3.86. The number of hydrogen-bond donors (Lipinski definition) is 2. The molecule has 4 nitrogen and oxygen atoms in total. The number of ether oxygens (including phenoxy) is 1. The van der Waals surface area contributed by atoms with Gasteiger partial charge in [0, 0.05) is 36.4 Å². The van der Waals surface area contributed by atoms with Crippen molar-refractivity contribution in [1.82, 2.24) is 0 Å². The first-order valence-corrected chi connectivity index (χ1v) is 11.8. The van der Waals surface area contributed by atoms with Crippen molar-refractivity contribution in [3.05, 3.63) is 71.1 Å². The van der Waals surface area contributed by atoms with Crippen molar-refractivity contribution in [3.8, 4) is 0 Å². The third-order valence-corrected chi connectivity index (χ3v) is 5.45. The molecular formula is C27H34F2N2O2. The first kappa shape index (κ1) is 24.8. The molecule has 33 heavy (non-hydrogen) atoms. The molecule has 4 rings (SSSR count). The molecule has 1 saturated carbocycles. The van der Waals surface area contributed by atoms with E-state index in [0.29, 0.717) is 36.2 Å². The summed E-state index contributed by atoms with van der Waals surface area (Å²) in [7, 11) is 0. The second kappa shape index (κ2) is 11.3. The minimum absolute atomic E-state index is 0.0494. The number of aliphatic hydroxyl groups excluding tert-OH is 1. The van der Waals surface area contributed by atoms with Gasteiger partial charge in [-0.2, -0.15) is 0 Å². The Balaban J connectivity index is 0.00000149. The summed E-state index contributed by atoms with van der Waals surface area (Å²) in [6, 6.07) is 8.18. The van der Waals surface area contributed by atoms with Crippen molar-refractivity contribution >= 4 is 22.6 Å². The number of anilines is 3. The van der Waals surface area contributed by atoms with E-state index in [4.69, 9.17) is 9.84 Å². The van der Waals surface area contributed by atoms with Crippen molar-refractivity contribution < 1.29 is 18.6 Å². The highest BCUT2D eigenvalue weighted by Crippen LogP contribution is 2.47. The van der Waals surface area contributed by atoms with Crippen molar-refractivity contribution in [2.45, 2.75) is 59.4 Å². The highest BCUT2D eigenvalue weighted by Gasteiger charge is 2.35. The lowest BCUT2D eigenvalue weighted by Crippen LogP contribution is -2.25. The molecule has 0 radical (unpaired) electrons. The van der Waals surface area contributed by atoms with Crippen molar-refractivity contribution in [2.24, 2.45) is 0 Å². The normalized spacial score (nSPS) is 16.0. The van der Waals surface area contributed by atoms with Crippen LogP contribution in [0.2, 0.25) is 0 Å². The van der Waals surface area contributed by atoms with Gasteiger partial charge < -0.3 is 20.1 Å². The van der Waals surface area contributed by atoms with E-state index >= 15 is 0 Å². The Kier molecular flexibility index (Phi) is 8.50. The molecule has 2 aliphatic rings. The van der Waals surface area contributed by atoms with Crippen LogP contribution >= 0.6 is 0 Å². The molecule has 2 N–H and O–H groups in total. The Hall–Kier alpha value is -2.86. The van der Waals surface area contributed by atoms with Gasteiger partial charge in [-0.05, 0) is 56.0 Å². The Bertz CT molecular complexity index is 1030. The highest BCUT2D eigenvalue weighted by molar-refractivity contribution is 5.96. The number of nitrogens with zero attached hydrogens (tertiary/aromatic N) is 1. The molecule has 0 aromatic heterocycles. The number of fused-ring (bicyclic) bond motifs is 1. The van der Waals surface area contributed by atoms with Crippen LogP contribution in [-0.4, -0.2) is 24.4 Å². The van der Waals surface area contributed by atoms with Gasteiger partial charge in [-0.3, -0.25) is 0 Å². The summed E-state index contributed by atoms with van der Waals surface area (Å²) in [6.07, 6.45) is 7.32. The zero-order chi connectivity index (χ0) is 24.0. The van der Waals surface area contributed by atoms with Gasteiger partial charge in [0.1, 0.15) is 17.4 Å². The average Bonchev–Trinajstić information content (AvgIpc) is 3.63. The first-order valence-electron chi connectivity index (χ1n) is 11.8. The van der Waals surface area contributed by atoms with Crippen LogP contribution in [0.3, 0.4) is 0 Å². The zero-order valence-corrected chi connectivity index (χ0v) is 19.9. The van der Waals surface area contributed by atoms with Gasteiger partial charge >= 0.3 is 0 Å². The molecule has 0 spiro atoms. The first-order chi connectivity index (χ1) is 16.0. The number of rotatable bonds is 8. The number of aliphatic hydroxyl groups is 1. The number of aryl methyl sites for hydroxylation is 1. The Morgan fingerprint density at radius 1 is 1.15 bits per heavy atom. The van der Waals surface area contributed by atoms with E-state index in [1.807, 2.05) is 46.0 Å². The standard InChI is InChI=1S/C25H28F2N2O2.C2H6/c1-3-5-19-24(31-11-4-10-30)15-29(18-7-8-18)23-14-17(26)13-22(25(19)23)28-21-9-6-16(2)12-20(21)27;1-2/h5-6,9,12-15,18,28,30H,3-4,7-8,10-11H2,1-2H3;1-2H3/b19-5-;. The summed E-state index contributed by atoms with van der Waals surface area (Å²) < 4.78 is 35.3. The molecule has 6 heteroatoms. The van der Waals surface area contributed by atoms with Crippen LogP contribution in [0.5, 0.6) is 0 Å². The Morgan fingerprint density at radius 2 is 1.91 bits per heavy atom. The second-order valence-corrected chi connectivity index (χ2v) is 8.04. The number of nitrogens with one attached hydrogen (secondary N) is 1. The lowest BCUT2D eigenvalue weighted by molar-refractivity contribution is 0.185. The molecule has 178 valence electrons. The number of benzene rings is 2. The lowest BCUT2D eigenvalue weighted by Gasteiger charge is -2.33. The molecule has 1 heterocycles. The minimum atomic E-state index is -0.385. The van der Waals surface area contributed by atoms with E-state index in [-0.39, 0.29) is 18.2 Å². The van der Waals surface area contributed by atoms with E-state index in [0.717, 1.165) is 41.6 Å². The molecule has 2 aromatic rings.